The van der Waals surface area contributed by atoms with Gasteiger partial charge in [-0.15, -0.1) is 0 Å². The maximum atomic E-state index is 11.9. The first-order chi connectivity index (χ1) is 16.6. The summed E-state index contributed by atoms with van der Waals surface area (Å²) in [7, 11) is -4.08. The highest BCUT2D eigenvalue weighted by atomic mass is 32.2. The molecule has 3 fully saturated rings. The van der Waals surface area contributed by atoms with E-state index < -0.39 is 21.3 Å². The highest BCUT2D eigenvalue weighted by Gasteiger charge is 2.65. The summed E-state index contributed by atoms with van der Waals surface area (Å²) in [5.74, 6) is 2.24. The Morgan fingerprint density at radius 3 is 2.43 bits per heavy atom. The van der Waals surface area contributed by atoms with Gasteiger partial charge in [-0.05, 0) is 66.2 Å². The first kappa shape index (κ1) is 26.5. The van der Waals surface area contributed by atoms with Crippen LogP contribution in [0.15, 0.2) is 36.4 Å². The van der Waals surface area contributed by atoms with E-state index in [4.69, 9.17) is 9.29 Å². The molecule has 35 heavy (non-hydrogen) atoms. The van der Waals surface area contributed by atoms with Crippen molar-refractivity contribution < 1.29 is 22.5 Å². The number of thioether (sulfide) groups is 1. The molecule has 7 heteroatoms. The smallest absolute Gasteiger partial charge is 0.265 e. The van der Waals surface area contributed by atoms with Gasteiger partial charge < -0.3 is 4.74 Å². The SMILES string of the molecule is CC1(C)C2CCC1(CS(=O)(=O)O)C(=O)C2.CCCCOc1ccc(C2CCCS2)c2ccccc12. The Balaban J connectivity index is 0.000000172. The van der Waals surface area contributed by atoms with Gasteiger partial charge in [-0.2, -0.15) is 20.2 Å². The van der Waals surface area contributed by atoms with E-state index in [1.807, 2.05) is 13.8 Å². The van der Waals surface area contributed by atoms with Gasteiger partial charge in [0.05, 0.1) is 17.8 Å². The highest BCUT2D eigenvalue weighted by Crippen LogP contribution is 2.64. The van der Waals surface area contributed by atoms with Gasteiger partial charge in [-0.3, -0.25) is 9.35 Å². The number of carbonyl (C=O) groups is 1. The van der Waals surface area contributed by atoms with Crippen molar-refractivity contribution in [2.75, 3.05) is 18.1 Å². The first-order valence-corrected chi connectivity index (χ1v) is 15.5. The highest BCUT2D eigenvalue weighted by molar-refractivity contribution is 7.99. The molecule has 2 aromatic carbocycles. The van der Waals surface area contributed by atoms with Crippen LogP contribution in [0, 0.1) is 16.7 Å². The summed E-state index contributed by atoms with van der Waals surface area (Å²) < 4.78 is 36.9. The minimum atomic E-state index is -4.08. The van der Waals surface area contributed by atoms with Crippen LogP contribution in [0.25, 0.3) is 10.8 Å². The first-order valence-electron chi connectivity index (χ1n) is 12.8. The molecule has 1 N–H and O–H groups in total. The molecule has 0 aromatic heterocycles. The van der Waals surface area contributed by atoms with Crippen molar-refractivity contribution >= 4 is 38.4 Å². The largest absolute Gasteiger partial charge is 0.493 e. The lowest BCUT2D eigenvalue weighted by atomic mass is 9.70. The molecule has 0 amide bonds. The summed E-state index contributed by atoms with van der Waals surface area (Å²) in [5, 5.41) is 3.32. The zero-order valence-electron chi connectivity index (χ0n) is 21.1. The molecule has 5 rings (SSSR count). The minimum absolute atomic E-state index is 0.0152. The van der Waals surface area contributed by atoms with Gasteiger partial charge in [0.25, 0.3) is 10.1 Å². The number of rotatable bonds is 7. The molecule has 3 aliphatic rings. The van der Waals surface area contributed by atoms with E-state index in [1.54, 1.807) is 0 Å². The topological polar surface area (TPSA) is 80.7 Å². The summed E-state index contributed by atoms with van der Waals surface area (Å²) in [6.45, 7) is 6.90. The number of Topliss-reactive ketones (excluding diaryl/α,β-unsaturated/α-hetero) is 1. The number of unbranched alkanes of at least 4 members (excludes halogenated alkanes) is 1. The average Bonchev–Trinajstić information content (AvgIpc) is 3.46. The van der Waals surface area contributed by atoms with Crippen LogP contribution in [0.5, 0.6) is 5.75 Å². The molecular weight excluding hydrogens is 480 g/mol. The molecule has 0 spiro atoms. The molecule has 0 radical (unpaired) electrons. The van der Waals surface area contributed by atoms with Crippen LogP contribution in [-0.2, 0) is 14.9 Å². The summed E-state index contributed by atoms with van der Waals surface area (Å²) in [4.78, 5) is 11.9. The van der Waals surface area contributed by atoms with Crippen LogP contribution in [0.3, 0.4) is 0 Å². The molecule has 3 atom stereocenters. The monoisotopic (exact) mass is 518 g/mol. The third-order valence-corrected chi connectivity index (χ3v) is 10.8. The van der Waals surface area contributed by atoms with E-state index in [2.05, 4.69) is 55.1 Å². The van der Waals surface area contributed by atoms with E-state index in [9.17, 15) is 13.2 Å². The van der Waals surface area contributed by atoms with E-state index >= 15 is 0 Å². The molecule has 192 valence electrons. The normalized spacial score (nSPS) is 27.1. The molecule has 1 heterocycles. The summed E-state index contributed by atoms with van der Waals surface area (Å²) in [6, 6.07) is 13.1. The molecule has 3 unspecified atom stereocenters. The molecule has 2 bridgehead atoms. The zero-order valence-corrected chi connectivity index (χ0v) is 22.7. The Morgan fingerprint density at radius 1 is 1.11 bits per heavy atom. The van der Waals surface area contributed by atoms with Gasteiger partial charge in [0.15, 0.2) is 0 Å². The average molecular weight is 519 g/mol. The quantitative estimate of drug-likeness (QED) is 0.319. The number of hydrogen-bond acceptors (Lipinski definition) is 5. The van der Waals surface area contributed by atoms with E-state index in [0.29, 0.717) is 18.1 Å². The lowest BCUT2D eigenvalue weighted by Gasteiger charge is -2.35. The van der Waals surface area contributed by atoms with Crippen LogP contribution in [0.4, 0.5) is 0 Å². The second kappa shape index (κ2) is 10.4. The lowest BCUT2D eigenvalue weighted by Crippen LogP contribution is -2.42. The van der Waals surface area contributed by atoms with E-state index in [-0.39, 0.29) is 17.1 Å². The lowest BCUT2D eigenvalue weighted by molar-refractivity contribution is -0.128. The van der Waals surface area contributed by atoms with Crippen molar-refractivity contribution in [3.05, 3.63) is 42.0 Å². The molecule has 5 nitrogen and oxygen atoms in total. The van der Waals surface area contributed by atoms with Crippen LogP contribution >= 0.6 is 11.8 Å². The summed E-state index contributed by atoms with van der Waals surface area (Å²) >= 11 is 2.10. The number of benzene rings is 2. The van der Waals surface area contributed by atoms with E-state index in [1.165, 1.54) is 41.4 Å². The summed E-state index contributed by atoms with van der Waals surface area (Å²) in [6.07, 6.45) is 6.92. The summed E-state index contributed by atoms with van der Waals surface area (Å²) in [5.41, 5.74) is 0.372. The van der Waals surface area contributed by atoms with Gasteiger partial charge in [0.1, 0.15) is 11.5 Å². The number of fused-ring (bicyclic) bond motifs is 3. The van der Waals surface area contributed by atoms with Crippen LogP contribution in [0.1, 0.15) is 76.5 Å². The van der Waals surface area contributed by atoms with Crippen molar-refractivity contribution in [3.8, 4) is 5.75 Å². The molecule has 2 aliphatic carbocycles. The molecule has 2 saturated carbocycles. The maximum absolute atomic E-state index is 11.9. The van der Waals surface area contributed by atoms with Crippen molar-refractivity contribution in [2.45, 2.75) is 71.0 Å². The number of ketones is 1. The predicted octanol–water partition coefficient (Wildman–Crippen LogP) is 6.86. The van der Waals surface area contributed by atoms with Gasteiger partial charge in [0, 0.05) is 17.1 Å². The maximum Gasteiger partial charge on any atom is 0.265 e. The zero-order chi connectivity index (χ0) is 25.3. The standard InChI is InChI=1S/C18H22OS.C10H16O4S/c1-2-3-12-19-17-11-10-16(18-9-6-13-20-18)14-7-4-5-8-15(14)17;1-9(2)7-3-4-10(9,8(11)5-7)6-15(12,13)14/h4-5,7-8,10-11,18H,2-3,6,9,12-13H2,1H3;7H,3-6H2,1-2H3,(H,12,13,14). The Hall–Kier alpha value is -1.57. The second-order valence-electron chi connectivity index (χ2n) is 10.8. The van der Waals surface area contributed by atoms with Gasteiger partial charge in [-0.1, -0.05) is 57.5 Å². The van der Waals surface area contributed by atoms with Gasteiger partial charge >= 0.3 is 0 Å². The van der Waals surface area contributed by atoms with Crippen molar-refractivity contribution in [2.24, 2.45) is 16.7 Å². The van der Waals surface area contributed by atoms with Crippen molar-refractivity contribution in [1.82, 2.24) is 0 Å². The van der Waals surface area contributed by atoms with E-state index in [0.717, 1.165) is 25.2 Å². The number of carbonyl (C=O) groups excluding carboxylic acids is 1. The van der Waals surface area contributed by atoms with Crippen LogP contribution in [-0.4, -0.2) is 36.9 Å². The van der Waals surface area contributed by atoms with Gasteiger partial charge in [-0.25, -0.2) is 0 Å². The Kier molecular flexibility index (Phi) is 7.89. The van der Waals surface area contributed by atoms with Crippen LogP contribution in [0.2, 0.25) is 0 Å². The van der Waals surface area contributed by atoms with Crippen molar-refractivity contribution in [3.63, 3.8) is 0 Å². The van der Waals surface area contributed by atoms with Crippen molar-refractivity contribution in [1.29, 1.82) is 0 Å². The molecule has 1 saturated heterocycles. The predicted molar refractivity (Wildman–Crippen MR) is 144 cm³/mol. The fraction of sp³-hybridized carbons (Fsp3) is 0.607. The Labute approximate surface area is 214 Å². The second-order valence-corrected chi connectivity index (χ2v) is 13.6. The Morgan fingerprint density at radius 2 is 1.86 bits per heavy atom. The molecule has 1 aliphatic heterocycles. The molecular formula is C28H38O5S2. The van der Waals surface area contributed by atoms with Gasteiger partial charge in [0.2, 0.25) is 0 Å². The van der Waals surface area contributed by atoms with Crippen LogP contribution < -0.4 is 4.74 Å². The number of hydrogen-bond donors (Lipinski definition) is 1. The fourth-order valence-corrected chi connectivity index (χ4v) is 8.91. The number of ether oxygens (including phenoxy) is 1. The fourth-order valence-electron chi connectivity index (χ4n) is 6.27. The Bertz CT molecular complexity index is 1170. The minimum Gasteiger partial charge on any atom is -0.493 e. The third kappa shape index (κ3) is 5.28. The third-order valence-electron chi connectivity index (χ3n) is 8.52. The molecule has 2 aromatic rings.